The van der Waals surface area contributed by atoms with Crippen LogP contribution in [0, 0.1) is 11.6 Å². The maximum Gasteiger partial charge on any atom is 0.167 e. The normalized spacial score (nSPS) is 20.4. The molecule has 0 aliphatic carbocycles. The van der Waals surface area contributed by atoms with Gasteiger partial charge in [0.05, 0.1) is 5.56 Å². The first-order valence-electron chi connectivity index (χ1n) is 6.38. The van der Waals surface area contributed by atoms with Gasteiger partial charge < -0.3 is 5.32 Å². The Kier molecular flexibility index (Phi) is 4.42. The Morgan fingerprint density at radius 2 is 2.11 bits per heavy atom. The molecule has 0 amide bonds. The molecular weight excluding hydrogens is 236 g/mol. The van der Waals surface area contributed by atoms with Crippen LogP contribution in [0.5, 0.6) is 0 Å². The summed E-state index contributed by atoms with van der Waals surface area (Å²) in [5, 5.41) is 3.30. The lowest BCUT2D eigenvalue weighted by Crippen LogP contribution is -2.30. The molecule has 1 N–H and O–H groups in total. The molecule has 2 nitrogen and oxygen atoms in total. The van der Waals surface area contributed by atoms with Crippen LogP contribution in [0.3, 0.4) is 0 Å². The molecule has 1 unspecified atom stereocenters. The molecule has 0 radical (unpaired) electrons. The fraction of sp³-hybridized carbons (Fsp3) is 0.500. The average Bonchev–Trinajstić information content (AvgIpc) is 2.57. The molecule has 1 aromatic rings. The highest BCUT2D eigenvalue weighted by atomic mass is 19.1. The molecule has 0 spiro atoms. The van der Waals surface area contributed by atoms with Crippen LogP contribution in [0.25, 0.3) is 0 Å². The molecule has 1 saturated heterocycles. The number of ketones is 1. The SMILES string of the molecule is O=C(CC1CCCCCN1)c1ccc(F)cc1F. The Bertz CT molecular complexity index is 426. The standard InChI is InChI=1S/C14H17F2NO/c15-10-5-6-12(13(16)8-10)14(18)9-11-4-2-1-3-7-17-11/h5-6,8,11,17H,1-4,7,9H2. The Labute approximate surface area is 105 Å². The van der Waals surface area contributed by atoms with Crippen LogP contribution in [0.2, 0.25) is 0 Å². The molecule has 1 atom stereocenters. The number of nitrogens with one attached hydrogen (secondary N) is 1. The first kappa shape index (κ1) is 13.1. The molecule has 0 aromatic heterocycles. The first-order valence-corrected chi connectivity index (χ1v) is 6.38. The minimum Gasteiger partial charge on any atom is -0.314 e. The third-order valence-corrected chi connectivity index (χ3v) is 3.33. The lowest BCUT2D eigenvalue weighted by molar-refractivity contribution is 0.0964. The summed E-state index contributed by atoms with van der Waals surface area (Å²) in [6, 6.07) is 3.22. The number of hydrogen-bond donors (Lipinski definition) is 1. The van der Waals surface area contributed by atoms with Crippen LogP contribution in [-0.4, -0.2) is 18.4 Å². The van der Waals surface area contributed by atoms with E-state index in [-0.39, 0.29) is 23.8 Å². The molecule has 1 aliphatic heterocycles. The summed E-state index contributed by atoms with van der Waals surface area (Å²) in [5.74, 6) is -1.68. The van der Waals surface area contributed by atoms with Gasteiger partial charge in [-0.2, -0.15) is 0 Å². The second kappa shape index (κ2) is 6.05. The largest absolute Gasteiger partial charge is 0.314 e. The zero-order valence-electron chi connectivity index (χ0n) is 10.2. The predicted octanol–water partition coefficient (Wildman–Crippen LogP) is 3.07. The molecule has 1 aliphatic rings. The Morgan fingerprint density at radius 3 is 2.89 bits per heavy atom. The van der Waals surface area contributed by atoms with Crippen LogP contribution < -0.4 is 5.32 Å². The van der Waals surface area contributed by atoms with E-state index < -0.39 is 11.6 Å². The highest BCUT2D eigenvalue weighted by molar-refractivity contribution is 5.96. The van der Waals surface area contributed by atoms with Crippen LogP contribution in [0.1, 0.15) is 42.5 Å². The smallest absolute Gasteiger partial charge is 0.167 e. The van der Waals surface area contributed by atoms with E-state index in [0.717, 1.165) is 37.9 Å². The van der Waals surface area contributed by atoms with E-state index in [9.17, 15) is 13.6 Å². The zero-order valence-corrected chi connectivity index (χ0v) is 10.2. The Hall–Kier alpha value is -1.29. The zero-order chi connectivity index (χ0) is 13.0. The van der Waals surface area contributed by atoms with Gasteiger partial charge in [-0.1, -0.05) is 12.8 Å². The highest BCUT2D eigenvalue weighted by Gasteiger charge is 2.19. The molecule has 4 heteroatoms. The molecule has 1 fully saturated rings. The number of hydrogen-bond acceptors (Lipinski definition) is 2. The summed E-state index contributed by atoms with van der Waals surface area (Å²) in [4.78, 5) is 12.0. The van der Waals surface area contributed by atoms with Gasteiger partial charge in [-0.25, -0.2) is 8.78 Å². The quantitative estimate of drug-likeness (QED) is 0.839. The van der Waals surface area contributed by atoms with Crippen LogP contribution >= 0.6 is 0 Å². The summed E-state index contributed by atoms with van der Waals surface area (Å²) in [6.45, 7) is 0.907. The van der Waals surface area contributed by atoms with E-state index in [1.807, 2.05) is 0 Å². The van der Waals surface area contributed by atoms with E-state index in [1.54, 1.807) is 0 Å². The molecule has 2 rings (SSSR count). The maximum atomic E-state index is 13.5. The molecular formula is C14H17F2NO. The van der Waals surface area contributed by atoms with Crippen LogP contribution in [0.4, 0.5) is 8.78 Å². The lowest BCUT2D eigenvalue weighted by atomic mass is 10.00. The number of carbonyl (C=O) groups is 1. The van der Waals surface area contributed by atoms with Gasteiger partial charge in [0.2, 0.25) is 0 Å². The first-order chi connectivity index (χ1) is 8.66. The summed E-state index contributed by atoms with van der Waals surface area (Å²) in [6.07, 6.45) is 4.60. The molecule has 98 valence electrons. The number of benzene rings is 1. The fourth-order valence-electron chi connectivity index (χ4n) is 2.32. The maximum absolute atomic E-state index is 13.5. The van der Waals surface area contributed by atoms with Gasteiger partial charge in [0.1, 0.15) is 11.6 Å². The van der Waals surface area contributed by atoms with Crippen molar-refractivity contribution in [3.8, 4) is 0 Å². The van der Waals surface area contributed by atoms with Crippen LogP contribution in [-0.2, 0) is 0 Å². The monoisotopic (exact) mass is 253 g/mol. The van der Waals surface area contributed by atoms with Gasteiger partial charge in [-0.05, 0) is 31.5 Å². The minimum absolute atomic E-state index is 0.0116. The highest BCUT2D eigenvalue weighted by Crippen LogP contribution is 2.16. The molecule has 0 saturated carbocycles. The third-order valence-electron chi connectivity index (χ3n) is 3.33. The fourth-order valence-corrected chi connectivity index (χ4v) is 2.32. The summed E-state index contributed by atoms with van der Waals surface area (Å²) in [5.41, 5.74) is -0.0116. The molecule has 1 aromatic carbocycles. The van der Waals surface area contributed by atoms with Gasteiger partial charge in [-0.3, -0.25) is 4.79 Å². The second-order valence-corrected chi connectivity index (χ2v) is 4.75. The van der Waals surface area contributed by atoms with E-state index in [1.165, 1.54) is 12.5 Å². The number of Topliss-reactive ketones (excluding diaryl/α,β-unsaturated/α-hetero) is 1. The van der Waals surface area contributed by atoms with E-state index in [4.69, 9.17) is 0 Å². The number of halogens is 2. The van der Waals surface area contributed by atoms with Gasteiger partial charge in [0.15, 0.2) is 5.78 Å². The minimum atomic E-state index is -0.770. The summed E-state index contributed by atoms with van der Waals surface area (Å²) >= 11 is 0. The van der Waals surface area contributed by atoms with Crippen molar-refractivity contribution in [1.82, 2.24) is 5.32 Å². The van der Waals surface area contributed by atoms with E-state index >= 15 is 0 Å². The van der Waals surface area contributed by atoms with Crippen LogP contribution in [0.15, 0.2) is 18.2 Å². The van der Waals surface area contributed by atoms with Gasteiger partial charge in [-0.15, -0.1) is 0 Å². The van der Waals surface area contributed by atoms with Crippen molar-refractivity contribution in [2.24, 2.45) is 0 Å². The van der Waals surface area contributed by atoms with Crippen molar-refractivity contribution in [2.45, 2.75) is 38.1 Å². The third kappa shape index (κ3) is 3.35. The van der Waals surface area contributed by atoms with Gasteiger partial charge in [0.25, 0.3) is 0 Å². The van der Waals surface area contributed by atoms with Crippen molar-refractivity contribution < 1.29 is 13.6 Å². The van der Waals surface area contributed by atoms with Crippen molar-refractivity contribution >= 4 is 5.78 Å². The molecule has 0 bridgehead atoms. The lowest BCUT2D eigenvalue weighted by Gasteiger charge is -2.14. The van der Waals surface area contributed by atoms with E-state index in [2.05, 4.69) is 5.32 Å². The van der Waals surface area contributed by atoms with Crippen molar-refractivity contribution in [3.63, 3.8) is 0 Å². The molecule has 1 heterocycles. The van der Waals surface area contributed by atoms with Crippen molar-refractivity contribution in [2.75, 3.05) is 6.54 Å². The second-order valence-electron chi connectivity index (χ2n) is 4.75. The predicted molar refractivity (Wildman–Crippen MR) is 65.6 cm³/mol. The van der Waals surface area contributed by atoms with Crippen molar-refractivity contribution in [1.29, 1.82) is 0 Å². The molecule has 18 heavy (non-hydrogen) atoms. The summed E-state index contributed by atoms with van der Waals surface area (Å²) in [7, 11) is 0. The Morgan fingerprint density at radius 1 is 1.28 bits per heavy atom. The van der Waals surface area contributed by atoms with Crippen molar-refractivity contribution in [3.05, 3.63) is 35.4 Å². The van der Waals surface area contributed by atoms with Gasteiger partial charge >= 0.3 is 0 Å². The number of rotatable bonds is 3. The van der Waals surface area contributed by atoms with Gasteiger partial charge in [0, 0.05) is 18.5 Å². The van der Waals surface area contributed by atoms with E-state index in [0.29, 0.717) is 0 Å². The average molecular weight is 253 g/mol. The number of carbonyl (C=O) groups excluding carboxylic acids is 1. The Balaban J connectivity index is 2.02. The summed E-state index contributed by atoms with van der Waals surface area (Å²) < 4.78 is 26.2. The topological polar surface area (TPSA) is 29.1 Å².